The fourth-order valence-corrected chi connectivity index (χ4v) is 2.07. The van der Waals surface area contributed by atoms with Gasteiger partial charge in [-0.05, 0) is 37.1 Å². The molecule has 0 aliphatic carbocycles. The fraction of sp³-hybridized carbons (Fsp3) is 0.385. The summed E-state index contributed by atoms with van der Waals surface area (Å²) >= 11 is 0. The number of carboxylic acids is 1. The van der Waals surface area contributed by atoms with Crippen molar-refractivity contribution in [2.24, 2.45) is 0 Å². The molecule has 0 bridgehead atoms. The van der Waals surface area contributed by atoms with Crippen LogP contribution in [0.5, 0.6) is 0 Å². The van der Waals surface area contributed by atoms with E-state index < -0.39 is 5.97 Å². The van der Waals surface area contributed by atoms with Gasteiger partial charge >= 0.3 is 5.97 Å². The standard InChI is InChI=1S/C13H16N2O3/c16-12(17)8-9-3-1-4-10(7-9)15-13(18)11-5-2-6-14-11/h1,3-4,7,11,14H,2,5-6,8H2,(H,15,18)(H,16,17). The molecule has 1 aromatic rings. The molecule has 96 valence electrons. The molecule has 1 unspecified atom stereocenters. The summed E-state index contributed by atoms with van der Waals surface area (Å²) < 4.78 is 0. The lowest BCUT2D eigenvalue weighted by Crippen LogP contribution is -2.35. The van der Waals surface area contributed by atoms with Crippen LogP contribution in [-0.2, 0) is 16.0 Å². The van der Waals surface area contributed by atoms with E-state index >= 15 is 0 Å². The molecule has 0 spiro atoms. The summed E-state index contributed by atoms with van der Waals surface area (Å²) in [4.78, 5) is 22.5. The Morgan fingerprint density at radius 3 is 2.94 bits per heavy atom. The first-order valence-corrected chi connectivity index (χ1v) is 6.00. The van der Waals surface area contributed by atoms with Crippen LogP contribution in [0.15, 0.2) is 24.3 Å². The van der Waals surface area contributed by atoms with Crippen molar-refractivity contribution in [3.63, 3.8) is 0 Å². The molecule has 1 aliphatic heterocycles. The Bertz CT molecular complexity index is 453. The number of hydrogen-bond acceptors (Lipinski definition) is 3. The van der Waals surface area contributed by atoms with E-state index in [1.807, 2.05) is 0 Å². The minimum atomic E-state index is -0.879. The van der Waals surface area contributed by atoms with Crippen LogP contribution in [0, 0.1) is 0 Å². The average molecular weight is 248 g/mol. The predicted octanol–water partition coefficient (Wildman–Crippen LogP) is 1.00. The lowest BCUT2D eigenvalue weighted by Gasteiger charge is -2.11. The summed E-state index contributed by atoms with van der Waals surface area (Å²) in [7, 11) is 0. The number of carbonyl (C=O) groups is 2. The van der Waals surface area contributed by atoms with Crippen LogP contribution in [0.25, 0.3) is 0 Å². The van der Waals surface area contributed by atoms with E-state index in [0.717, 1.165) is 19.4 Å². The van der Waals surface area contributed by atoms with Crippen molar-refractivity contribution >= 4 is 17.6 Å². The maximum atomic E-state index is 11.9. The molecular formula is C13H16N2O3. The van der Waals surface area contributed by atoms with E-state index in [1.165, 1.54) is 0 Å². The van der Waals surface area contributed by atoms with E-state index in [1.54, 1.807) is 24.3 Å². The number of carbonyl (C=O) groups excluding carboxylic acids is 1. The number of aliphatic carboxylic acids is 1. The number of rotatable bonds is 4. The van der Waals surface area contributed by atoms with Crippen LogP contribution >= 0.6 is 0 Å². The highest BCUT2D eigenvalue weighted by Crippen LogP contribution is 2.13. The predicted molar refractivity (Wildman–Crippen MR) is 67.4 cm³/mol. The Morgan fingerprint density at radius 2 is 2.28 bits per heavy atom. The van der Waals surface area contributed by atoms with Crippen molar-refractivity contribution in [2.75, 3.05) is 11.9 Å². The normalized spacial score (nSPS) is 18.6. The molecule has 2 rings (SSSR count). The Balaban J connectivity index is 2.00. The smallest absolute Gasteiger partial charge is 0.307 e. The molecule has 1 aromatic carbocycles. The second-order valence-corrected chi connectivity index (χ2v) is 4.41. The molecule has 1 saturated heterocycles. The van der Waals surface area contributed by atoms with Crippen LogP contribution in [0.2, 0.25) is 0 Å². The zero-order valence-corrected chi connectivity index (χ0v) is 9.98. The lowest BCUT2D eigenvalue weighted by atomic mass is 10.1. The van der Waals surface area contributed by atoms with Gasteiger partial charge in [0.2, 0.25) is 5.91 Å². The van der Waals surface area contributed by atoms with Gasteiger partial charge in [0.05, 0.1) is 12.5 Å². The molecule has 5 heteroatoms. The molecule has 18 heavy (non-hydrogen) atoms. The molecule has 1 amide bonds. The van der Waals surface area contributed by atoms with Gasteiger partial charge in [0, 0.05) is 5.69 Å². The molecule has 1 heterocycles. The number of benzene rings is 1. The summed E-state index contributed by atoms with van der Waals surface area (Å²) in [5, 5.41) is 14.6. The van der Waals surface area contributed by atoms with E-state index in [2.05, 4.69) is 10.6 Å². The molecular weight excluding hydrogens is 232 g/mol. The molecule has 5 nitrogen and oxygen atoms in total. The maximum Gasteiger partial charge on any atom is 0.307 e. The highest BCUT2D eigenvalue weighted by atomic mass is 16.4. The van der Waals surface area contributed by atoms with Crippen LogP contribution in [-0.4, -0.2) is 29.6 Å². The quantitative estimate of drug-likeness (QED) is 0.743. The second kappa shape index (κ2) is 5.64. The van der Waals surface area contributed by atoms with Gasteiger partial charge in [-0.25, -0.2) is 0 Å². The molecule has 1 atom stereocenters. The first-order valence-electron chi connectivity index (χ1n) is 6.00. The monoisotopic (exact) mass is 248 g/mol. The third-order valence-corrected chi connectivity index (χ3v) is 2.93. The van der Waals surface area contributed by atoms with Crippen molar-refractivity contribution in [3.8, 4) is 0 Å². The maximum absolute atomic E-state index is 11.9. The zero-order chi connectivity index (χ0) is 13.0. The van der Waals surface area contributed by atoms with Gasteiger partial charge in [-0.1, -0.05) is 12.1 Å². The summed E-state index contributed by atoms with van der Waals surface area (Å²) in [5.74, 6) is -0.934. The summed E-state index contributed by atoms with van der Waals surface area (Å²) in [5.41, 5.74) is 1.33. The SMILES string of the molecule is O=C(O)Cc1cccc(NC(=O)C2CCCN2)c1. The van der Waals surface area contributed by atoms with Crippen LogP contribution in [0.1, 0.15) is 18.4 Å². The highest BCUT2D eigenvalue weighted by molar-refractivity contribution is 5.95. The Morgan fingerprint density at radius 1 is 1.44 bits per heavy atom. The van der Waals surface area contributed by atoms with Crippen molar-refractivity contribution in [1.82, 2.24) is 5.32 Å². The summed E-state index contributed by atoms with van der Waals surface area (Å²) in [6, 6.07) is 6.81. The van der Waals surface area contributed by atoms with Gasteiger partial charge in [-0.2, -0.15) is 0 Å². The van der Waals surface area contributed by atoms with Gasteiger partial charge in [0.1, 0.15) is 0 Å². The molecule has 0 aromatic heterocycles. The van der Waals surface area contributed by atoms with Gasteiger partial charge in [0.15, 0.2) is 0 Å². The molecule has 1 aliphatic rings. The van der Waals surface area contributed by atoms with E-state index in [-0.39, 0.29) is 18.4 Å². The third kappa shape index (κ3) is 3.30. The zero-order valence-electron chi connectivity index (χ0n) is 9.98. The first kappa shape index (κ1) is 12.6. The van der Waals surface area contributed by atoms with Gasteiger partial charge in [-0.15, -0.1) is 0 Å². The molecule has 0 radical (unpaired) electrons. The van der Waals surface area contributed by atoms with Crippen molar-refractivity contribution < 1.29 is 14.7 Å². The number of hydrogen-bond donors (Lipinski definition) is 3. The van der Waals surface area contributed by atoms with Crippen LogP contribution < -0.4 is 10.6 Å². The van der Waals surface area contributed by atoms with Crippen molar-refractivity contribution in [3.05, 3.63) is 29.8 Å². The first-order chi connectivity index (χ1) is 8.65. The van der Waals surface area contributed by atoms with E-state index in [9.17, 15) is 9.59 Å². The topological polar surface area (TPSA) is 78.4 Å². The van der Waals surface area contributed by atoms with E-state index in [0.29, 0.717) is 11.3 Å². The largest absolute Gasteiger partial charge is 0.481 e. The minimum absolute atomic E-state index is 0.0363. The van der Waals surface area contributed by atoms with Gasteiger partial charge < -0.3 is 15.7 Å². The number of amides is 1. The number of nitrogens with one attached hydrogen (secondary N) is 2. The van der Waals surface area contributed by atoms with E-state index in [4.69, 9.17) is 5.11 Å². The van der Waals surface area contributed by atoms with Crippen molar-refractivity contribution in [2.45, 2.75) is 25.3 Å². The molecule has 3 N–H and O–H groups in total. The summed E-state index contributed by atoms with van der Waals surface area (Å²) in [6.45, 7) is 0.872. The second-order valence-electron chi connectivity index (χ2n) is 4.41. The third-order valence-electron chi connectivity index (χ3n) is 2.93. The molecule has 1 fully saturated rings. The average Bonchev–Trinajstić information content (AvgIpc) is 2.81. The van der Waals surface area contributed by atoms with Gasteiger partial charge in [0.25, 0.3) is 0 Å². The Kier molecular flexibility index (Phi) is 3.94. The van der Waals surface area contributed by atoms with Crippen molar-refractivity contribution in [1.29, 1.82) is 0 Å². The number of carboxylic acid groups (broad SMARTS) is 1. The lowest BCUT2D eigenvalue weighted by molar-refractivity contribution is -0.136. The number of anilines is 1. The Hall–Kier alpha value is -1.88. The highest BCUT2D eigenvalue weighted by Gasteiger charge is 2.21. The van der Waals surface area contributed by atoms with Crippen LogP contribution in [0.4, 0.5) is 5.69 Å². The van der Waals surface area contributed by atoms with Gasteiger partial charge in [-0.3, -0.25) is 9.59 Å². The molecule has 0 saturated carbocycles. The fourth-order valence-electron chi connectivity index (χ4n) is 2.07. The summed E-state index contributed by atoms with van der Waals surface area (Å²) in [6.07, 6.45) is 1.82. The van der Waals surface area contributed by atoms with Crippen LogP contribution in [0.3, 0.4) is 0 Å². The Labute approximate surface area is 105 Å². The minimum Gasteiger partial charge on any atom is -0.481 e.